The Morgan fingerprint density at radius 1 is 1.11 bits per heavy atom. The average Bonchev–Trinajstić information content (AvgIpc) is 2.37. The first-order valence-corrected chi connectivity index (χ1v) is 6.75. The summed E-state index contributed by atoms with van der Waals surface area (Å²) in [5, 5.41) is 2.67. The maximum atomic E-state index is 13.4. The molecule has 0 radical (unpaired) electrons. The van der Waals surface area contributed by atoms with E-state index in [2.05, 4.69) is 42.2 Å². The van der Waals surface area contributed by atoms with Crippen LogP contribution in [0.3, 0.4) is 0 Å². The van der Waals surface area contributed by atoms with Crippen molar-refractivity contribution in [3.63, 3.8) is 0 Å². The highest BCUT2D eigenvalue weighted by atomic mass is 79.9. The van der Waals surface area contributed by atoms with Crippen LogP contribution in [0.1, 0.15) is 5.69 Å². The molecule has 2 nitrogen and oxygen atoms in total. The zero-order chi connectivity index (χ0) is 14.0. The minimum absolute atomic E-state index is 0.115. The van der Waals surface area contributed by atoms with E-state index >= 15 is 0 Å². The maximum absolute atomic E-state index is 13.4. The van der Waals surface area contributed by atoms with Crippen LogP contribution in [0.25, 0.3) is 0 Å². The van der Waals surface area contributed by atoms with Gasteiger partial charge in [0.2, 0.25) is 0 Å². The SMILES string of the molecule is Fc1ccc(NCc2ncc(Br)cc2Br)c(F)c1F. The Morgan fingerprint density at radius 2 is 1.84 bits per heavy atom. The molecule has 1 aromatic carbocycles. The molecule has 0 bridgehead atoms. The standard InChI is InChI=1S/C12H7Br2F3N2/c13-6-3-7(14)10(18-4-6)5-19-9-2-1-8(15)11(16)12(9)17/h1-4,19H,5H2. The van der Waals surface area contributed by atoms with Crippen molar-refractivity contribution >= 4 is 37.5 Å². The van der Waals surface area contributed by atoms with Gasteiger partial charge in [0.25, 0.3) is 0 Å². The summed E-state index contributed by atoms with van der Waals surface area (Å²) in [6.07, 6.45) is 1.59. The molecule has 19 heavy (non-hydrogen) atoms. The maximum Gasteiger partial charge on any atom is 0.196 e. The summed E-state index contributed by atoms with van der Waals surface area (Å²) >= 11 is 6.56. The van der Waals surface area contributed by atoms with E-state index in [9.17, 15) is 13.2 Å². The number of halogens is 5. The summed E-state index contributed by atoms with van der Waals surface area (Å²) < 4.78 is 40.7. The summed E-state index contributed by atoms with van der Waals surface area (Å²) in [6.45, 7) is 0.176. The lowest BCUT2D eigenvalue weighted by atomic mass is 10.2. The van der Waals surface area contributed by atoms with Gasteiger partial charge in [-0.15, -0.1) is 0 Å². The largest absolute Gasteiger partial charge is 0.377 e. The molecule has 1 aromatic heterocycles. The molecule has 0 aliphatic rings. The van der Waals surface area contributed by atoms with Gasteiger partial charge in [-0.1, -0.05) is 0 Å². The van der Waals surface area contributed by atoms with Crippen LogP contribution < -0.4 is 5.32 Å². The number of pyridine rings is 1. The third-order valence-electron chi connectivity index (χ3n) is 2.37. The van der Waals surface area contributed by atoms with Gasteiger partial charge in [0.1, 0.15) is 0 Å². The molecule has 2 rings (SSSR count). The molecule has 2 aromatic rings. The molecule has 0 saturated carbocycles. The third-order valence-corrected chi connectivity index (χ3v) is 3.49. The van der Waals surface area contributed by atoms with Crippen molar-refractivity contribution in [2.24, 2.45) is 0 Å². The molecule has 0 aliphatic heterocycles. The van der Waals surface area contributed by atoms with Crippen molar-refractivity contribution in [1.29, 1.82) is 0 Å². The van der Waals surface area contributed by atoms with Gasteiger partial charge < -0.3 is 5.32 Å². The van der Waals surface area contributed by atoms with E-state index in [0.717, 1.165) is 21.1 Å². The molecule has 100 valence electrons. The van der Waals surface area contributed by atoms with Crippen LogP contribution in [0.2, 0.25) is 0 Å². The average molecular weight is 396 g/mol. The molecule has 0 amide bonds. The Hall–Kier alpha value is -1.08. The summed E-state index contributed by atoms with van der Waals surface area (Å²) in [7, 11) is 0. The monoisotopic (exact) mass is 394 g/mol. The van der Waals surface area contributed by atoms with Crippen molar-refractivity contribution in [3.8, 4) is 0 Å². The van der Waals surface area contributed by atoms with E-state index in [1.807, 2.05) is 0 Å². The fraction of sp³-hybridized carbons (Fsp3) is 0.0833. The Labute approximate surface area is 124 Å². The van der Waals surface area contributed by atoms with Crippen LogP contribution in [-0.2, 0) is 6.54 Å². The Kier molecular flexibility index (Phi) is 4.46. The lowest BCUT2D eigenvalue weighted by Gasteiger charge is -2.09. The predicted molar refractivity (Wildman–Crippen MR) is 73.3 cm³/mol. The normalized spacial score (nSPS) is 10.6. The molecule has 0 atom stereocenters. The first kappa shape index (κ1) is 14.3. The molecule has 0 saturated heterocycles. The first-order valence-electron chi connectivity index (χ1n) is 5.16. The Balaban J connectivity index is 2.17. The minimum Gasteiger partial charge on any atom is -0.377 e. The summed E-state index contributed by atoms with van der Waals surface area (Å²) in [4.78, 5) is 4.12. The molecule has 1 heterocycles. The van der Waals surface area contributed by atoms with Crippen LogP contribution in [0.4, 0.5) is 18.9 Å². The second-order valence-corrected chi connectivity index (χ2v) is 5.43. The van der Waals surface area contributed by atoms with Crippen molar-refractivity contribution in [2.75, 3.05) is 5.32 Å². The molecular weight excluding hydrogens is 389 g/mol. The first-order chi connectivity index (χ1) is 8.99. The highest BCUT2D eigenvalue weighted by Crippen LogP contribution is 2.23. The second kappa shape index (κ2) is 5.92. The molecule has 7 heteroatoms. The van der Waals surface area contributed by atoms with E-state index in [0.29, 0.717) is 5.69 Å². The smallest absolute Gasteiger partial charge is 0.196 e. The highest BCUT2D eigenvalue weighted by Gasteiger charge is 2.13. The van der Waals surface area contributed by atoms with Crippen LogP contribution in [0.15, 0.2) is 33.3 Å². The van der Waals surface area contributed by atoms with E-state index in [-0.39, 0.29) is 12.2 Å². The highest BCUT2D eigenvalue weighted by molar-refractivity contribution is 9.11. The topological polar surface area (TPSA) is 24.9 Å². The van der Waals surface area contributed by atoms with Crippen LogP contribution in [0.5, 0.6) is 0 Å². The number of nitrogens with one attached hydrogen (secondary N) is 1. The van der Waals surface area contributed by atoms with E-state index in [1.165, 1.54) is 0 Å². The van der Waals surface area contributed by atoms with E-state index in [4.69, 9.17) is 0 Å². The third kappa shape index (κ3) is 3.27. The Bertz CT molecular complexity index is 620. The van der Waals surface area contributed by atoms with Crippen molar-refractivity contribution in [2.45, 2.75) is 6.54 Å². The summed E-state index contributed by atoms with van der Waals surface area (Å²) in [5.41, 5.74) is 0.503. The van der Waals surface area contributed by atoms with Crippen molar-refractivity contribution in [1.82, 2.24) is 4.98 Å². The molecule has 0 unspecified atom stereocenters. The molecule has 0 aliphatic carbocycles. The predicted octanol–water partition coefficient (Wildman–Crippen LogP) is 4.64. The number of anilines is 1. The molecular formula is C12H7Br2F3N2. The number of aromatic nitrogens is 1. The number of hydrogen-bond acceptors (Lipinski definition) is 2. The lowest BCUT2D eigenvalue weighted by molar-refractivity contribution is 0.449. The van der Waals surface area contributed by atoms with Crippen LogP contribution in [-0.4, -0.2) is 4.98 Å². The van der Waals surface area contributed by atoms with Crippen molar-refractivity contribution < 1.29 is 13.2 Å². The minimum atomic E-state index is -1.49. The lowest BCUT2D eigenvalue weighted by Crippen LogP contribution is -2.06. The second-order valence-electron chi connectivity index (χ2n) is 3.66. The van der Waals surface area contributed by atoms with Gasteiger partial charge in [0.05, 0.1) is 17.9 Å². The molecule has 1 N–H and O–H groups in total. The quantitative estimate of drug-likeness (QED) is 0.766. The van der Waals surface area contributed by atoms with Gasteiger partial charge in [-0.05, 0) is 50.1 Å². The Morgan fingerprint density at radius 3 is 2.53 bits per heavy atom. The molecule has 0 fully saturated rings. The van der Waals surface area contributed by atoms with Crippen molar-refractivity contribution in [3.05, 3.63) is 56.5 Å². The number of rotatable bonds is 3. The van der Waals surface area contributed by atoms with Gasteiger partial charge in [0, 0.05) is 15.1 Å². The van der Waals surface area contributed by atoms with Crippen LogP contribution in [0, 0.1) is 17.5 Å². The summed E-state index contributed by atoms with van der Waals surface area (Å²) in [5.74, 6) is -3.95. The number of hydrogen-bond donors (Lipinski definition) is 1. The zero-order valence-electron chi connectivity index (χ0n) is 9.35. The number of nitrogens with zero attached hydrogens (tertiary/aromatic N) is 1. The van der Waals surface area contributed by atoms with E-state index < -0.39 is 17.5 Å². The van der Waals surface area contributed by atoms with Crippen LogP contribution >= 0.6 is 31.9 Å². The fourth-order valence-corrected chi connectivity index (χ4v) is 2.54. The van der Waals surface area contributed by atoms with Gasteiger partial charge in [-0.25, -0.2) is 13.2 Å². The summed E-state index contributed by atoms with van der Waals surface area (Å²) in [6, 6.07) is 3.79. The number of benzene rings is 1. The van der Waals surface area contributed by atoms with Gasteiger partial charge >= 0.3 is 0 Å². The van der Waals surface area contributed by atoms with Gasteiger partial charge in [-0.3, -0.25) is 4.98 Å². The molecule has 0 spiro atoms. The fourth-order valence-electron chi connectivity index (χ4n) is 1.41. The van der Waals surface area contributed by atoms with Gasteiger partial charge in [0.15, 0.2) is 17.5 Å². The van der Waals surface area contributed by atoms with Gasteiger partial charge in [-0.2, -0.15) is 0 Å². The van der Waals surface area contributed by atoms with E-state index in [1.54, 1.807) is 12.3 Å². The zero-order valence-corrected chi connectivity index (χ0v) is 12.5.